The van der Waals surface area contributed by atoms with E-state index in [0.29, 0.717) is 30.7 Å². The molecule has 1 aromatic heterocycles. The Morgan fingerprint density at radius 2 is 2.11 bits per heavy atom. The zero-order valence-corrected chi connectivity index (χ0v) is 16.2. The third-order valence-corrected chi connectivity index (χ3v) is 5.46. The summed E-state index contributed by atoms with van der Waals surface area (Å²) in [6.45, 7) is 4.42. The van der Waals surface area contributed by atoms with E-state index in [-0.39, 0.29) is 6.03 Å². The van der Waals surface area contributed by atoms with E-state index < -0.39 is 0 Å². The highest BCUT2D eigenvalue weighted by molar-refractivity contribution is 6.31. The van der Waals surface area contributed by atoms with Gasteiger partial charge in [-0.3, -0.25) is 4.68 Å². The zero-order valence-electron chi connectivity index (χ0n) is 15.4. The molecule has 4 rings (SSSR count). The van der Waals surface area contributed by atoms with Crippen LogP contribution in [0.3, 0.4) is 0 Å². The van der Waals surface area contributed by atoms with Gasteiger partial charge in [0.2, 0.25) is 0 Å². The average Bonchev–Trinajstić information content (AvgIpc) is 3.31. The molecule has 8 heteroatoms. The van der Waals surface area contributed by atoms with E-state index in [2.05, 4.69) is 15.3 Å². The summed E-state index contributed by atoms with van der Waals surface area (Å²) in [5, 5.41) is 7.91. The highest BCUT2D eigenvalue weighted by atomic mass is 35.5. The molecule has 1 atom stereocenters. The van der Waals surface area contributed by atoms with Gasteiger partial charge in [-0.05, 0) is 30.2 Å². The van der Waals surface area contributed by atoms with Crippen LogP contribution < -0.4 is 10.2 Å². The minimum atomic E-state index is -0.0850. The standard InChI is InChI=1S/C19H24ClN5O2/c1-23-12-15(11-21-23)14-4-5-25(13-14)19(26)22-17-10-16(20)2-3-18(17)24-6-8-27-9-7-24/h2-3,10-12,14H,4-9,13H2,1H3,(H,22,26)/t14-/m1/s1. The van der Waals surface area contributed by atoms with Gasteiger partial charge in [-0.25, -0.2) is 4.79 Å². The van der Waals surface area contributed by atoms with Crippen molar-refractivity contribution in [2.45, 2.75) is 12.3 Å². The normalized spacial score (nSPS) is 20.1. The van der Waals surface area contributed by atoms with Crippen molar-refractivity contribution < 1.29 is 9.53 Å². The maximum Gasteiger partial charge on any atom is 0.321 e. The SMILES string of the molecule is Cn1cc([C@@H]2CCN(C(=O)Nc3cc(Cl)ccc3N3CCOCC3)C2)cn1. The van der Waals surface area contributed by atoms with Crippen LogP contribution in [0.25, 0.3) is 0 Å². The predicted octanol–water partition coefficient (Wildman–Crippen LogP) is 2.93. The molecule has 144 valence electrons. The van der Waals surface area contributed by atoms with Gasteiger partial charge in [0.25, 0.3) is 0 Å². The van der Waals surface area contributed by atoms with Gasteiger partial charge in [0.1, 0.15) is 0 Å². The maximum absolute atomic E-state index is 12.9. The topological polar surface area (TPSA) is 62.6 Å². The fraction of sp³-hybridized carbons (Fsp3) is 0.474. The van der Waals surface area contributed by atoms with Crippen molar-refractivity contribution in [2.24, 2.45) is 7.05 Å². The maximum atomic E-state index is 12.9. The van der Waals surface area contributed by atoms with Crippen molar-refractivity contribution in [2.75, 3.05) is 49.6 Å². The quantitative estimate of drug-likeness (QED) is 0.876. The first-order valence-corrected chi connectivity index (χ1v) is 9.64. The van der Waals surface area contributed by atoms with E-state index in [9.17, 15) is 4.79 Å². The van der Waals surface area contributed by atoms with Gasteiger partial charge >= 0.3 is 6.03 Å². The molecule has 0 saturated carbocycles. The largest absolute Gasteiger partial charge is 0.378 e. The van der Waals surface area contributed by atoms with Gasteiger partial charge in [-0.15, -0.1) is 0 Å². The summed E-state index contributed by atoms with van der Waals surface area (Å²) in [6.07, 6.45) is 4.87. The van der Waals surface area contributed by atoms with Crippen molar-refractivity contribution in [3.05, 3.63) is 41.2 Å². The predicted molar refractivity (Wildman–Crippen MR) is 106 cm³/mol. The lowest BCUT2D eigenvalue weighted by Crippen LogP contribution is -2.38. The highest BCUT2D eigenvalue weighted by Gasteiger charge is 2.29. The van der Waals surface area contributed by atoms with Gasteiger partial charge in [0.05, 0.1) is 30.8 Å². The zero-order chi connectivity index (χ0) is 18.8. The van der Waals surface area contributed by atoms with E-state index in [1.54, 1.807) is 4.68 Å². The molecule has 2 aliphatic rings. The number of benzene rings is 1. The van der Waals surface area contributed by atoms with Crippen LogP contribution >= 0.6 is 11.6 Å². The lowest BCUT2D eigenvalue weighted by atomic mass is 10.0. The number of aryl methyl sites for hydroxylation is 1. The molecule has 0 bridgehead atoms. The van der Waals surface area contributed by atoms with Crippen LogP contribution in [0.1, 0.15) is 17.9 Å². The van der Waals surface area contributed by atoms with Crippen LogP contribution in [0.4, 0.5) is 16.2 Å². The average molecular weight is 390 g/mol. The van der Waals surface area contributed by atoms with Gasteiger partial charge in [-0.1, -0.05) is 11.6 Å². The number of morpholine rings is 1. The Kier molecular flexibility index (Phi) is 5.22. The number of urea groups is 1. The second-order valence-electron chi connectivity index (χ2n) is 7.07. The number of amides is 2. The summed E-state index contributed by atoms with van der Waals surface area (Å²) >= 11 is 6.19. The number of ether oxygens (including phenoxy) is 1. The summed E-state index contributed by atoms with van der Waals surface area (Å²) in [4.78, 5) is 16.9. The van der Waals surface area contributed by atoms with Crippen LogP contribution in [-0.4, -0.2) is 60.1 Å². The molecule has 27 heavy (non-hydrogen) atoms. The van der Waals surface area contributed by atoms with Crippen molar-refractivity contribution in [1.29, 1.82) is 0 Å². The van der Waals surface area contributed by atoms with Gasteiger partial charge in [0, 0.05) is 50.4 Å². The molecule has 0 spiro atoms. The number of nitrogens with one attached hydrogen (secondary N) is 1. The van der Waals surface area contributed by atoms with E-state index in [1.807, 2.05) is 42.5 Å². The van der Waals surface area contributed by atoms with E-state index in [1.165, 1.54) is 5.56 Å². The first kappa shape index (κ1) is 18.1. The summed E-state index contributed by atoms with van der Waals surface area (Å²) in [6, 6.07) is 5.55. The third-order valence-electron chi connectivity index (χ3n) is 5.22. The van der Waals surface area contributed by atoms with Crippen molar-refractivity contribution in [3.63, 3.8) is 0 Å². The second-order valence-corrected chi connectivity index (χ2v) is 7.51. The molecular weight excluding hydrogens is 366 g/mol. The number of anilines is 2. The lowest BCUT2D eigenvalue weighted by molar-refractivity contribution is 0.123. The van der Waals surface area contributed by atoms with Gasteiger partial charge in [-0.2, -0.15) is 5.10 Å². The molecule has 2 amide bonds. The molecule has 2 aliphatic heterocycles. The monoisotopic (exact) mass is 389 g/mol. The Morgan fingerprint density at radius 3 is 2.85 bits per heavy atom. The molecule has 0 radical (unpaired) electrons. The van der Waals surface area contributed by atoms with E-state index >= 15 is 0 Å². The lowest BCUT2D eigenvalue weighted by Gasteiger charge is -2.31. The van der Waals surface area contributed by atoms with Crippen LogP contribution in [0.5, 0.6) is 0 Å². The second kappa shape index (κ2) is 7.78. The number of rotatable bonds is 3. The van der Waals surface area contributed by atoms with Gasteiger partial charge in [0.15, 0.2) is 0 Å². The summed E-state index contributed by atoms with van der Waals surface area (Å²) in [5.74, 6) is 0.336. The van der Waals surface area contributed by atoms with Crippen molar-refractivity contribution >= 4 is 29.0 Å². The molecule has 1 N–H and O–H groups in total. The molecule has 2 fully saturated rings. The number of halogens is 1. The minimum Gasteiger partial charge on any atom is -0.378 e. The molecule has 0 aliphatic carbocycles. The van der Waals surface area contributed by atoms with Crippen LogP contribution in [0.15, 0.2) is 30.6 Å². The minimum absolute atomic E-state index is 0.0850. The number of hydrogen-bond donors (Lipinski definition) is 1. The third kappa shape index (κ3) is 4.04. The van der Waals surface area contributed by atoms with Crippen molar-refractivity contribution in [3.8, 4) is 0 Å². The highest BCUT2D eigenvalue weighted by Crippen LogP contribution is 2.31. The van der Waals surface area contributed by atoms with Crippen LogP contribution in [0, 0.1) is 0 Å². The van der Waals surface area contributed by atoms with E-state index in [4.69, 9.17) is 16.3 Å². The molecule has 2 aromatic rings. The number of likely N-dealkylation sites (tertiary alicyclic amines) is 1. The molecule has 1 aromatic carbocycles. The van der Waals surface area contributed by atoms with Crippen LogP contribution in [-0.2, 0) is 11.8 Å². The fourth-order valence-electron chi connectivity index (χ4n) is 3.75. The number of carbonyl (C=O) groups excluding carboxylic acids is 1. The molecular formula is C19H24ClN5O2. The number of aromatic nitrogens is 2. The molecule has 3 heterocycles. The molecule has 0 unspecified atom stereocenters. The fourth-order valence-corrected chi connectivity index (χ4v) is 3.92. The number of hydrogen-bond acceptors (Lipinski definition) is 4. The molecule has 2 saturated heterocycles. The molecule has 7 nitrogen and oxygen atoms in total. The first-order valence-electron chi connectivity index (χ1n) is 9.27. The summed E-state index contributed by atoms with van der Waals surface area (Å²) in [5.41, 5.74) is 2.92. The Labute approximate surface area is 163 Å². The Bertz CT molecular complexity index is 818. The number of nitrogens with zero attached hydrogens (tertiary/aromatic N) is 4. The number of carbonyl (C=O) groups is 1. The first-order chi connectivity index (χ1) is 13.1. The summed E-state index contributed by atoms with van der Waals surface area (Å²) < 4.78 is 7.24. The Balaban J connectivity index is 1.45. The smallest absolute Gasteiger partial charge is 0.321 e. The van der Waals surface area contributed by atoms with Gasteiger partial charge < -0.3 is 19.9 Å². The van der Waals surface area contributed by atoms with E-state index in [0.717, 1.165) is 37.4 Å². The Hall–Kier alpha value is -2.25. The Morgan fingerprint density at radius 1 is 1.30 bits per heavy atom. The summed E-state index contributed by atoms with van der Waals surface area (Å²) in [7, 11) is 1.91. The van der Waals surface area contributed by atoms with Crippen LogP contribution in [0.2, 0.25) is 5.02 Å². The van der Waals surface area contributed by atoms with Crippen molar-refractivity contribution in [1.82, 2.24) is 14.7 Å².